The summed E-state index contributed by atoms with van der Waals surface area (Å²) < 4.78 is 32.1. The predicted molar refractivity (Wildman–Crippen MR) is 130 cm³/mol. The highest BCUT2D eigenvalue weighted by molar-refractivity contribution is 7.89. The van der Waals surface area contributed by atoms with Crippen LogP contribution >= 0.6 is 0 Å². The van der Waals surface area contributed by atoms with E-state index in [1.807, 2.05) is 42.5 Å². The molecule has 3 aromatic rings. The molecule has 3 aromatic carbocycles. The number of carbonyl (C=O) groups is 1. The number of sulfonamides is 1. The summed E-state index contributed by atoms with van der Waals surface area (Å²) in [6.07, 6.45) is 0. The molecule has 1 saturated heterocycles. The Balaban J connectivity index is 1.35. The van der Waals surface area contributed by atoms with Crippen LogP contribution in [0.25, 0.3) is 11.1 Å². The van der Waals surface area contributed by atoms with Gasteiger partial charge in [-0.3, -0.25) is 4.79 Å². The minimum atomic E-state index is -3.56. The first kappa shape index (κ1) is 23.0. The first-order valence-corrected chi connectivity index (χ1v) is 12.3. The molecule has 172 valence electrons. The Morgan fingerprint density at radius 1 is 0.848 bits per heavy atom. The number of rotatable bonds is 7. The number of hydrogen-bond acceptors (Lipinski definition) is 5. The first-order chi connectivity index (χ1) is 15.9. The first-order valence-electron chi connectivity index (χ1n) is 10.8. The summed E-state index contributed by atoms with van der Waals surface area (Å²) in [5.41, 5.74) is 3.61. The van der Waals surface area contributed by atoms with E-state index < -0.39 is 16.1 Å². The van der Waals surface area contributed by atoms with Crippen LogP contribution in [0.1, 0.15) is 6.92 Å². The molecular weight excluding hydrogens is 438 g/mol. The molecule has 1 heterocycles. The molecule has 0 saturated carbocycles. The smallest absolute Gasteiger partial charge is 0.246 e. The van der Waals surface area contributed by atoms with Gasteiger partial charge in [0, 0.05) is 24.5 Å². The molecule has 0 bridgehead atoms. The van der Waals surface area contributed by atoms with E-state index in [1.54, 1.807) is 19.1 Å². The van der Waals surface area contributed by atoms with Crippen LogP contribution in [0, 0.1) is 0 Å². The zero-order chi connectivity index (χ0) is 23.3. The van der Waals surface area contributed by atoms with Crippen LogP contribution in [0.4, 0.5) is 11.4 Å². The molecule has 2 N–H and O–H groups in total. The maximum Gasteiger partial charge on any atom is 0.246 e. The van der Waals surface area contributed by atoms with Crippen LogP contribution < -0.4 is 10.6 Å². The standard InChI is InChI=1S/C25H27N3O4S/c1-19(26-22-9-7-21(8-10-22)20-5-3-2-4-6-20)25(29)27-23-11-13-24(14-12-23)33(30,31)28-15-17-32-18-16-28/h2-14,19,26H,15-18H2,1H3,(H,27,29)/t19-/m0/s1. The number of nitrogens with zero attached hydrogens (tertiary/aromatic N) is 1. The third-order valence-electron chi connectivity index (χ3n) is 5.50. The van der Waals surface area contributed by atoms with E-state index in [0.29, 0.717) is 32.0 Å². The van der Waals surface area contributed by atoms with Gasteiger partial charge in [-0.1, -0.05) is 42.5 Å². The molecule has 0 unspecified atom stereocenters. The van der Waals surface area contributed by atoms with Gasteiger partial charge in [0.1, 0.15) is 6.04 Å². The topological polar surface area (TPSA) is 87.7 Å². The Morgan fingerprint density at radius 3 is 2.06 bits per heavy atom. The quantitative estimate of drug-likeness (QED) is 0.554. The highest BCUT2D eigenvalue weighted by Crippen LogP contribution is 2.22. The number of benzene rings is 3. The van der Waals surface area contributed by atoms with Crippen LogP contribution in [0.3, 0.4) is 0 Å². The van der Waals surface area contributed by atoms with E-state index >= 15 is 0 Å². The van der Waals surface area contributed by atoms with E-state index in [-0.39, 0.29) is 10.8 Å². The Morgan fingerprint density at radius 2 is 1.42 bits per heavy atom. The van der Waals surface area contributed by atoms with E-state index in [2.05, 4.69) is 22.8 Å². The van der Waals surface area contributed by atoms with Crippen LogP contribution in [-0.4, -0.2) is 51.0 Å². The number of morpholine rings is 1. The van der Waals surface area contributed by atoms with E-state index in [9.17, 15) is 13.2 Å². The van der Waals surface area contributed by atoms with E-state index in [1.165, 1.54) is 16.4 Å². The summed E-state index contributed by atoms with van der Waals surface area (Å²) in [7, 11) is -3.56. The normalized spacial score (nSPS) is 15.5. The van der Waals surface area contributed by atoms with Crippen LogP contribution in [-0.2, 0) is 19.6 Å². The van der Waals surface area contributed by atoms with E-state index in [4.69, 9.17) is 4.74 Å². The molecule has 0 radical (unpaired) electrons. The summed E-state index contributed by atoms with van der Waals surface area (Å²) in [5.74, 6) is -0.217. The number of carbonyl (C=O) groups excluding carboxylic acids is 1. The van der Waals surface area contributed by atoms with Gasteiger partial charge in [0.05, 0.1) is 18.1 Å². The Hall–Kier alpha value is -3.20. The highest BCUT2D eigenvalue weighted by atomic mass is 32.2. The summed E-state index contributed by atoms with van der Waals surface area (Å²) in [4.78, 5) is 12.8. The van der Waals surface area contributed by atoms with Gasteiger partial charge >= 0.3 is 0 Å². The fourth-order valence-corrected chi connectivity index (χ4v) is 5.01. The van der Waals surface area contributed by atoms with Crippen molar-refractivity contribution in [2.45, 2.75) is 17.9 Å². The average molecular weight is 466 g/mol. The second-order valence-electron chi connectivity index (χ2n) is 7.84. The number of nitrogens with one attached hydrogen (secondary N) is 2. The van der Waals surface area contributed by atoms with Gasteiger partial charge < -0.3 is 15.4 Å². The lowest BCUT2D eigenvalue weighted by Gasteiger charge is -2.26. The molecule has 1 atom stereocenters. The summed E-state index contributed by atoms with van der Waals surface area (Å²) in [6, 6.07) is 23.7. The zero-order valence-electron chi connectivity index (χ0n) is 18.4. The van der Waals surface area contributed by atoms with Gasteiger partial charge in [0.15, 0.2) is 0 Å². The second kappa shape index (κ2) is 10.2. The fourth-order valence-electron chi connectivity index (χ4n) is 3.60. The Kier molecular flexibility index (Phi) is 7.08. The van der Waals surface area contributed by atoms with Crippen LogP contribution in [0.15, 0.2) is 83.8 Å². The van der Waals surface area contributed by atoms with Crippen LogP contribution in [0.2, 0.25) is 0 Å². The maximum absolute atomic E-state index is 12.7. The second-order valence-corrected chi connectivity index (χ2v) is 9.78. The zero-order valence-corrected chi connectivity index (χ0v) is 19.2. The van der Waals surface area contributed by atoms with Crippen LogP contribution in [0.5, 0.6) is 0 Å². The number of amides is 1. The Labute approximate surface area is 194 Å². The maximum atomic E-state index is 12.7. The summed E-state index contributed by atoms with van der Waals surface area (Å²) in [5, 5.41) is 6.02. The molecule has 7 nitrogen and oxygen atoms in total. The van der Waals surface area contributed by atoms with Gasteiger partial charge in [-0.05, 0) is 54.4 Å². The monoisotopic (exact) mass is 465 g/mol. The third kappa shape index (κ3) is 5.60. The van der Waals surface area contributed by atoms with E-state index in [0.717, 1.165) is 16.8 Å². The van der Waals surface area contributed by atoms with Gasteiger partial charge in [0.2, 0.25) is 15.9 Å². The molecule has 33 heavy (non-hydrogen) atoms. The summed E-state index contributed by atoms with van der Waals surface area (Å²) >= 11 is 0. The lowest BCUT2D eigenvalue weighted by Crippen LogP contribution is -2.40. The molecular formula is C25H27N3O4S. The van der Waals surface area contributed by atoms with Gasteiger partial charge in [-0.2, -0.15) is 4.31 Å². The molecule has 4 rings (SSSR count). The SMILES string of the molecule is C[C@H](Nc1ccc(-c2ccccc2)cc1)C(=O)Nc1ccc(S(=O)(=O)N2CCOCC2)cc1. The Bertz CT molecular complexity index is 1170. The third-order valence-corrected chi connectivity index (χ3v) is 7.41. The van der Waals surface area contributed by atoms with Crippen molar-refractivity contribution in [3.63, 3.8) is 0 Å². The fraction of sp³-hybridized carbons (Fsp3) is 0.240. The van der Waals surface area contributed by atoms with Crippen molar-refractivity contribution in [1.82, 2.24) is 4.31 Å². The molecule has 1 fully saturated rings. The van der Waals surface area contributed by atoms with Gasteiger partial charge in [-0.15, -0.1) is 0 Å². The highest BCUT2D eigenvalue weighted by Gasteiger charge is 2.26. The number of hydrogen-bond donors (Lipinski definition) is 2. The molecule has 0 spiro atoms. The molecule has 0 aromatic heterocycles. The minimum absolute atomic E-state index is 0.201. The van der Waals surface area contributed by atoms with Crippen molar-refractivity contribution in [2.75, 3.05) is 36.9 Å². The lowest BCUT2D eigenvalue weighted by molar-refractivity contribution is -0.116. The van der Waals surface area contributed by atoms with Crippen molar-refractivity contribution in [3.05, 3.63) is 78.9 Å². The predicted octanol–water partition coefficient (Wildman–Crippen LogP) is 3.81. The van der Waals surface area contributed by atoms with Crippen molar-refractivity contribution < 1.29 is 17.9 Å². The number of anilines is 2. The lowest BCUT2D eigenvalue weighted by atomic mass is 10.1. The molecule has 1 amide bonds. The summed E-state index contributed by atoms with van der Waals surface area (Å²) in [6.45, 7) is 3.25. The van der Waals surface area contributed by atoms with Gasteiger partial charge in [0.25, 0.3) is 0 Å². The molecule has 8 heteroatoms. The molecule has 1 aliphatic heterocycles. The average Bonchev–Trinajstić information content (AvgIpc) is 2.86. The van der Waals surface area contributed by atoms with Crippen molar-refractivity contribution in [1.29, 1.82) is 0 Å². The van der Waals surface area contributed by atoms with Crippen molar-refractivity contribution in [3.8, 4) is 11.1 Å². The minimum Gasteiger partial charge on any atom is -0.379 e. The van der Waals surface area contributed by atoms with Crippen molar-refractivity contribution >= 4 is 27.3 Å². The van der Waals surface area contributed by atoms with Crippen molar-refractivity contribution in [2.24, 2.45) is 0 Å². The molecule has 0 aliphatic carbocycles. The largest absolute Gasteiger partial charge is 0.379 e. The number of ether oxygens (including phenoxy) is 1. The molecule has 1 aliphatic rings. The van der Waals surface area contributed by atoms with Gasteiger partial charge in [-0.25, -0.2) is 8.42 Å².